The first-order valence-corrected chi connectivity index (χ1v) is 5.22. The van der Waals surface area contributed by atoms with E-state index in [1.54, 1.807) is 4.68 Å². The molecule has 0 amide bonds. The Balaban J connectivity index is 2.23. The molecule has 0 unspecified atom stereocenters. The molecule has 1 aliphatic heterocycles. The molecule has 6 heteroatoms. The maximum absolute atomic E-state index is 4.28. The highest BCUT2D eigenvalue weighted by Gasteiger charge is 2.13. The van der Waals surface area contributed by atoms with E-state index in [9.17, 15) is 0 Å². The molecule has 76 valence electrons. The molecule has 0 aliphatic carbocycles. The summed E-state index contributed by atoms with van der Waals surface area (Å²) in [6, 6.07) is 0. The number of rotatable bonds is 1. The Labute approximate surface area is 90.7 Å². The lowest BCUT2D eigenvalue weighted by molar-refractivity contribution is 0.765. The monoisotopic (exact) mass is 257 g/mol. The fourth-order valence-corrected chi connectivity index (χ4v) is 1.80. The van der Waals surface area contributed by atoms with Crippen LogP contribution in [0.25, 0.3) is 0 Å². The Kier molecular flexibility index (Phi) is 2.45. The standard InChI is InChI=1S/C8H12BrN5/c1-5-6(9)7(14(2)13-5)12-8-10-3-4-11-8/h3-4H2,1-2H3,(H2,10,11,12). The second kappa shape index (κ2) is 3.61. The number of halogens is 1. The molecule has 0 saturated carbocycles. The molecule has 2 rings (SSSR count). The van der Waals surface area contributed by atoms with Crippen molar-refractivity contribution in [2.75, 3.05) is 18.4 Å². The highest BCUT2D eigenvalue weighted by Crippen LogP contribution is 2.24. The second-order valence-corrected chi connectivity index (χ2v) is 3.95. The van der Waals surface area contributed by atoms with Crippen molar-refractivity contribution in [3.63, 3.8) is 0 Å². The SMILES string of the molecule is Cc1nn(C)c(NC2=NCCN2)c1Br. The second-order valence-electron chi connectivity index (χ2n) is 3.15. The van der Waals surface area contributed by atoms with Gasteiger partial charge < -0.3 is 10.6 Å². The van der Waals surface area contributed by atoms with Crippen molar-refractivity contribution in [2.24, 2.45) is 12.0 Å². The van der Waals surface area contributed by atoms with Crippen LogP contribution < -0.4 is 10.6 Å². The highest BCUT2D eigenvalue weighted by molar-refractivity contribution is 9.10. The number of aliphatic imine (C=N–C) groups is 1. The first-order valence-electron chi connectivity index (χ1n) is 4.43. The topological polar surface area (TPSA) is 54.2 Å². The number of anilines is 1. The molecule has 0 saturated heterocycles. The summed E-state index contributed by atoms with van der Waals surface area (Å²) in [5.41, 5.74) is 0.966. The van der Waals surface area contributed by atoms with E-state index >= 15 is 0 Å². The maximum atomic E-state index is 4.28. The number of nitrogens with zero attached hydrogens (tertiary/aromatic N) is 3. The van der Waals surface area contributed by atoms with Gasteiger partial charge in [0.25, 0.3) is 0 Å². The van der Waals surface area contributed by atoms with E-state index in [0.29, 0.717) is 0 Å². The van der Waals surface area contributed by atoms with Gasteiger partial charge in [-0.2, -0.15) is 5.10 Å². The van der Waals surface area contributed by atoms with Crippen LogP contribution in [0.4, 0.5) is 5.82 Å². The molecular weight excluding hydrogens is 246 g/mol. The van der Waals surface area contributed by atoms with Gasteiger partial charge in [0.1, 0.15) is 5.82 Å². The number of hydrogen-bond donors (Lipinski definition) is 2. The van der Waals surface area contributed by atoms with Gasteiger partial charge in [0, 0.05) is 13.6 Å². The van der Waals surface area contributed by atoms with E-state index in [1.165, 1.54) is 0 Å². The van der Waals surface area contributed by atoms with Crippen molar-refractivity contribution in [3.8, 4) is 0 Å². The van der Waals surface area contributed by atoms with Crippen LogP contribution in [0.3, 0.4) is 0 Å². The fourth-order valence-electron chi connectivity index (χ4n) is 1.36. The van der Waals surface area contributed by atoms with Gasteiger partial charge in [-0.3, -0.25) is 9.67 Å². The number of hydrogen-bond acceptors (Lipinski definition) is 4. The number of nitrogens with one attached hydrogen (secondary N) is 2. The zero-order valence-electron chi connectivity index (χ0n) is 8.13. The molecule has 5 nitrogen and oxygen atoms in total. The Morgan fingerprint density at radius 1 is 1.57 bits per heavy atom. The van der Waals surface area contributed by atoms with Crippen molar-refractivity contribution >= 4 is 27.7 Å². The normalized spacial score (nSPS) is 15.2. The minimum atomic E-state index is 0.814. The lowest BCUT2D eigenvalue weighted by atomic mass is 10.5. The summed E-state index contributed by atoms with van der Waals surface area (Å²) in [6.45, 7) is 3.69. The molecule has 0 atom stereocenters. The van der Waals surface area contributed by atoms with Gasteiger partial charge in [-0.1, -0.05) is 0 Å². The summed E-state index contributed by atoms with van der Waals surface area (Å²) in [7, 11) is 1.90. The lowest BCUT2D eigenvalue weighted by Gasteiger charge is -2.06. The molecule has 0 radical (unpaired) electrons. The molecule has 0 bridgehead atoms. The summed E-state index contributed by atoms with van der Waals surface area (Å²) in [5.74, 6) is 1.74. The molecule has 1 aromatic heterocycles. The summed E-state index contributed by atoms with van der Waals surface area (Å²) < 4.78 is 2.78. The molecule has 1 aromatic rings. The smallest absolute Gasteiger partial charge is 0.197 e. The van der Waals surface area contributed by atoms with Crippen molar-refractivity contribution < 1.29 is 0 Å². The largest absolute Gasteiger partial charge is 0.354 e. The third-order valence-corrected chi connectivity index (χ3v) is 3.01. The number of aromatic nitrogens is 2. The van der Waals surface area contributed by atoms with E-state index < -0.39 is 0 Å². The average Bonchev–Trinajstić information content (AvgIpc) is 2.71. The van der Waals surface area contributed by atoms with Crippen LogP contribution in [0.5, 0.6) is 0 Å². The van der Waals surface area contributed by atoms with E-state index in [2.05, 4.69) is 36.7 Å². The summed E-state index contributed by atoms with van der Waals surface area (Å²) in [4.78, 5) is 4.25. The molecular formula is C8H12BrN5. The third-order valence-electron chi connectivity index (χ3n) is 2.06. The Bertz CT molecular complexity index is 381. The van der Waals surface area contributed by atoms with Gasteiger partial charge in [-0.25, -0.2) is 0 Å². The average molecular weight is 258 g/mol. The van der Waals surface area contributed by atoms with Gasteiger partial charge in [-0.15, -0.1) is 0 Å². The Morgan fingerprint density at radius 3 is 2.86 bits per heavy atom. The highest BCUT2D eigenvalue weighted by atomic mass is 79.9. The van der Waals surface area contributed by atoms with Gasteiger partial charge >= 0.3 is 0 Å². The third kappa shape index (κ3) is 1.61. The molecule has 1 aliphatic rings. The van der Waals surface area contributed by atoms with Crippen molar-refractivity contribution in [2.45, 2.75) is 6.92 Å². The van der Waals surface area contributed by atoms with E-state index in [-0.39, 0.29) is 0 Å². The van der Waals surface area contributed by atoms with E-state index in [0.717, 1.165) is 35.0 Å². The zero-order valence-corrected chi connectivity index (χ0v) is 9.72. The predicted octanol–water partition coefficient (Wildman–Crippen LogP) is 0.862. The van der Waals surface area contributed by atoms with E-state index in [1.807, 2.05) is 14.0 Å². The molecule has 0 fully saturated rings. The minimum absolute atomic E-state index is 0.814. The first kappa shape index (κ1) is 9.51. The number of aryl methyl sites for hydroxylation is 2. The number of guanidine groups is 1. The van der Waals surface area contributed by atoms with Crippen molar-refractivity contribution in [1.82, 2.24) is 15.1 Å². The van der Waals surface area contributed by atoms with Crippen LogP contribution in [0.1, 0.15) is 5.69 Å². The zero-order chi connectivity index (χ0) is 10.1. The molecule has 2 heterocycles. The van der Waals surface area contributed by atoms with Gasteiger partial charge in [0.2, 0.25) is 0 Å². The molecule has 14 heavy (non-hydrogen) atoms. The molecule has 2 N–H and O–H groups in total. The van der Waals surface area contributed by atoms with Crippen LogP contribution in [-0.2, 0) is 7.05 Å². The van der Waals surface area contributed by atoms with Crippen LogP contribution >= 0.6 is 15.9 Å². The summed E-state index contributed by atoms with van der Waals surface area (Å²) >= 11 is 3.48. The molecule has 0 spiro atoms. The van der Waals surface area contributed by atoms with E-state index in [4.69, 9.17) is 0 Å². The first-order chi connectivity index (χ1) is 6.68. The summed E-state index contributed by atoms with van der Waals surface area (Å²) in [5, 5.41) is 10.6. The maximum Gasteiger partial charge on any atom is 0.197 e. The molecule has 0 aromatic carbocycles. The van der Waals surface area contributed by atoms with Crippen LogP contribution in [0.15, 0.2) is 9.47 Å². The van der Waals surface area contributed by atoms with Crippen molar-refractivity contribution in [3.05, 3.63) is 10.2 Å². The van der Waals surface area contributed by atoms with Crippen LogP contribution in [-0.4, -0.2) is 28.8 Å². The van der Waals surface area contributed by atoms with Gasteiger partial charge in [0.15, 0.2) is 5.96 Å². The van der Waals surface area contributed by atoms with Crippen LogP contribution in [0.2, 0.25) is 0 Å². The minimum Gasteiger partial charge on any atom is -0.354 e. The Morgan fingerprint density at radius 2 is 2.36 bits per heavy atom. The quantitative estimate of drug-likeness (QED) is 0.785. The Hall–Kier alpha value is -1.04. The predicted molar refractivity (Wildman–Crippen MR) is 59.6 cm³/mol. The lowest BCUT2D eigenvalue weighted by Crippen LogP contribution is -2.27. The van der Waals surface area contributed by atoms with Gasteiger partial charge in [0.05, 0.1) is 16.7 Å². The fraction of sp³-hybridized carbons (Fsp3) is 0.500. The van der Waals surface area contributed by atoms with Gasteiger partial charge in [-0.05, 0) is 22.9 Å². The summed E-state index contributed by atoms with van der Waals surface area (Å²) in [6.07, 6.45) is 0. The van der Waals surface area contributed by atoms with Crippen molar-refractivity contribution in [1.29, 1.82) is 0 Å². The van der Waals surface area contributed by atoms with Crippen LogP contribution in [0, 0.1) is 6.92 Å².